The van der Waals surface area contributed by atoms with Gasteiger partial charge in [0.05, 0.1) is 12.4 Å². The molecule has 37 heavy (non-hydrogen) atoms. The van der Waals surface area contributed by atoms with E-state index in [0.29, 0.717) is 0 Å². The van der Waals surface area contributed by atoms with E-state index in [9.17, 15) is 37.8 Å². The van der Waals surface area contributed by atoms with Gasteiger partial charge in [-0.15, -0.1) is 0 Å². The number of phosphoric acid groups is 3. The molecule has 0 saturated carbocycles. The average molecular weight is 592 g/mol. The predicted molar refractivity (Wildman–Crippen MR) is 118 cm³/mol. The van der Waals surface area contributed by atoms with Crippen LogP contribution in [0.15, 0.2) is 11.1 Å². The van der Waals surface area contributed by atoms with Crippen molar-refractivity contribution in [3.05, 3.63) is 16.7 Å². The third-order valence-electron chi connectivity index (χ3n) is 4.75. The van der Waals surface area contributed by atoms with Crippen molar-refractivity contribution in [1.82, 2.24) is 19.5 Å². The highest BCUT2D eigenvalue weighted by molar-refractivity contribution is 7.66. The van der Waals surface area contributed by atoms with E-state index >= 15 is 0 Å². The monoisotopic (exact) mass is 592 g/mol. The number of nitrogen functional groups attached to an aromatic ring is 1. The molecule has 2 aromatic rings. The summed E-state index contributed by atoms with van der Waals surface area (Å²) in [6, 6.07) is 0. The lowest BCUT2D eigenvalue weighted by Crippen LogP contribution is -2.54. The second-order valence-corrected chi connectivity index (χ2v) is 11.8. The molecule has 1 fully saturated rings. The molecule has 0 aliphatic carbocycles. The fourth-order valence-corrected chi connectivity index (χ4v) is 6.62. The van der Waals surface area contributed by atoms with Crippen LogP contribution in [-0.2, 0) is 31.6 Å². The number of nitrogens with zero attached hydrogens (tertiary/aromatic N) is 3. The number of hydrogen-bond acceptors (Lipinski definition) is 13. The first-order valence-corrected chi connectivity index (χ1v) is 14.1. The number of phosphoric ester groups is 1. The van der Waals surface area contributed by atoms with E-state index in [1.807, 2.05) is 5.92 Å². The highest BCUT2D eigenvalue weighted by atomic mass is 31.3. The quantitative estimate of drug-likeness (QED) is 0.126. The minimum atomic E-state index is -5.83. The van der Waals surface area contributed by atoms with E-state index in [1.165, 1.54) is 0 Å². The molecule has 206 valence electrons. The minimum absolute atomic E-state index is 0.184. The zero-order chi connectivity index (χ0) is 28.0. The average Bonchev–Trinajstić information content (AvgIpc) is 3.23. The van der Waals surface area contributed by atoms with Gasteiger partial charge in [0, 0.05) is 0 Å². The van der Waals surface area contributed by atoms with Crippen LogP contribution in [0.5, 0.6) is 0 Å². The predicted octanol–water partition coefficient (Wildman–Crippen LogP) is -1.64. The Kier molecular flexibility index (Phi) is 8.16. The second-order valence-electron chi connectivity index (χ2n) is 7.44. The van der Waals surface area contributed by atoms with Crippen LogP contribution in [0.3, 0.4) is 0 Å². The van der Waals surface area contributed by atoms with Crippen LogP contribution in [0, 0.1) is 11.8 Å². The standard InChI is InChI=1S/C14H20FN6O13P3/c1-6(32-36(27,28)34-37(29,30)33-35(24,25)26)8-9(22)14(17,3-2-4-15)12(31-8)21-5-18-7-10(21)19-13(16)20-11(7)23/h5-6,8-9,12,22H,4,17H2,1H3,(H,27,28)(H,29,30)(H2,24,25,26)(H3,16,19,20,23)/t6-,8-,9+,12-,14?/m1/s1. The maximum atomic E-state index is 12.9. The van der Waals surface area contributed by atoms with Gasteiger partial charge < -0.3 is 40.9 Å². The molecular formula is C14H20FN6O13P3. The lowest BCUT2D eigenvalue weighted by molar-refractivity contribution is -0.0733. The van der Waals surface area contributed by atoms with Gasteiger partial charge in [-0.25, -0.2) is 23.1 Å². The number of ether oxygens (including phenoxy) is 1. The number of nitrogens with one attached hydrogen (secondary N) is 1. The van der Waals surface area contributed by atoms with E-state index in [4.69, 9.17) is 26.0 Å². The summed E-state index contributed by atoms with van der Waals surface area (Å²) in [4.78, 5) is 58.4. The number of aliphatic hydroxyl groups is 1. The number of fused-ring (bicyclic) bond motifs is 1. The number of anilines is 1. The molecule has 1 saturated heterocycles. The fraction of sp³-hybridized carbons (Fsp3) is 0.500. The van der Waals surface area contributed by atoms with Crippen LogP contribution in [0.4, 0.5) is 10.3 Å². The first-order valence-electron chi connectivity index (χ1n) is 9.62. The Morgan fingerprint density at radius 1 is 1.30 bits per heavy atom. The van der Waals surface area contributed by atoms with Crippen molar-refractivity contribution in [2.75, 3.05) is 12.4 Å². The third-order valence-corrected chi connectivity index (χ3v) is 8.67. The van der Waals surface area contributed by atoms with Crippen LogP contribution in [-0.4, -0.2) is 74.7 Å². The number of halogens is 1. The maximum Gasteiger partial charge on any atom is 0.490 e. The molecule has 0 radical (unpaired) electrons. The molecular weight excluding hydrogens is 572 g/mol. The number of H-pyrrole nitrogens is 1. The normalized spacial score (nSPS) is 28.3. The number of rotatable bonds is 8. The van der Waals surface area contributed by atoms with Crippen LogP contribution in [0.25, 0.3) is 11.2 Å². The molecule has 3 unspecified atom stereocenters. The zero-order valence-electron chi connectivity index (χ0n) is 18.3. The smallest absolute Gasteiger partial charge is 0.387 e. The summed E-state index contributed by atoms with van der Waals surface area (Å²) in [7, 11) is -17.1. The highest BCUT2D eigenvalue weighted by Crippen LogP contribution is 2.66. The number of alkyl halides is 1. The van der Waals surface area contributed by atoms with Gasteiger partial charge >= 0.3 is 23.5 Å². The molecule has 1 aliphatic rings. The van der Waals surface area contributed by atoms with Gasteiger partial charge in [0.15, 0.2) is 22.9 Å². The van der Waals surface area contributed by atoms with Crippen LogP contribution in [0.1, 0.15) is 13.2 Å². The molecule has 23 heteroatoms. The first-order chi connectivity index (χ1) is 16.9. The van der Waals surface area contributed by atoms with E-state index in [1.54, 1.807) is 0 Å². The third kappa shape index (κ3) is 6.50. The number of aliphatic hydroxyl groups excluding tert-OH is 1. The minimum Gasteiger partial charge on any atom is -0.387 e. The Balaban J connectivity index is 1.95. The molecule has 0 aromatic carbocycles. The number of aromatic amines is 1. The molecule has 10 N–H and O–H groups in total. The molecule has 3 rings (SSSR count). The van der Waals surface area contributed by atoms with Crippen molar-refractivity contribution >= 4 is 40.6 Å². The molecule has 2 aromatic heterocycles. The summed E-state index contributed by atoms with van der Waals surface area (Å²) < 4.78 is 66.1. The Morgan fingerprint density at radius 3 is 2.54 bits per heavy atom. The lowest BCUT2D eigenvalue weighted by Gasteiger charge is -2.28. The molecule has 0 spiro atoms. The van der Waals surface area contributed by atoms with Crippen LogP contribution >= 0.6 is 23.5 Å². The number of imidazole rings is 1. The molecule has 3 heterocycles. The SMILES string of the molecule is C[C@@H](OP(=O)(O)OP(=O)(O)OP(=O)(O)O)[C@H]1O[C@@H](n2cnc3c(=O)[nH]c(N)nc32)C(N)(C#CCF)[C@H]1O. The summed E-state index contributed by atoms with van der Waals surface area (Å²) in [6.45, 7) is -0.180. The van der Waals surface area contributed by atoms with Gasteiger partial charge in [-0.3, -0.25) is 18.9 Å². The molecule has 7 atom stereocenters. The first kappa shape index (κ1) is 29.5. The van der Waals surface area contributed by atoms with Crippen molar-refractivity contribution in [2.24, 2.45) is 5.73 Å². The van der Waals surface area contributed by atoms with Gasteiger partial charge in [-0.2, -0.15) is 13.6 Å². The highest BCUT2D eigenvalue weighted by Gasteiger charge is 2.57. The van der Waals surface area contributed by atoms with Crippen molar-refractivity contribution in [3.8, 4) is 11.8 Å². The van der Waals surface area contributed by atoms with E-state index in [0.717, 1.165) is 17.8 Å². The molecule has 1 aliphatic heterocycles. The summed E-state index contributed by atoms with van der Waals surface area (Å²) in [6.07, 6.45) is -5.90. The van der Waals surface area contributed by atoms with Crippen molar-refractivity contribution < 1.29 is 60.6 Å². The largest absolute Gasteiger partial charge is 0.490 e. The van der Waals surface area contributed by atoms with Crippen molar-refractivity contribution in [1.29, 1.82) is 0 Å². The molecule has 0 amide bonds. The number of aromatic nitrogens is 4. The van der Waals surface area contributed by atoms with Crippen molar-refractivity contribution in [2.45, 2.75) is 37.0 Å². The summed E-state index contributed by atoms with van der Waals surface area (Å²) in [5, 5.41) is 10.9. The van der Waals surface area contributed by atoms with Gasteiger partial charge in [0.2, 0.25) is 5.95 Å². The lowest BCUT2D eigenvalue weighted by atomic mass is 9.90. The van der Waals surface area contributed by atoms with Gasteiger partial charge in [-0.1, -0.05) is 11.8 Å². The maximum absolute atomic E-state index is 12.9. The Bertz CT molecular complexity index is 1450. The topological polar surface area (TPSA) is 305 Å². The number of nitrogens with two attached hydrogens (primary N) is 2. The molecule has 19 nitrogen and oxygen atoms in total. The Labute approximate surface area is 205 Å². The molecule has 0 bridgehead atoms. The van der Waals surface area contributed by atoms with E-state index < -0.39 is 65.8 Å². The Hall–Kier alpha value is -2.07. The number of hydrogen-bond donors (Lipinski definition) is 8. The van der Waals surface area contributed by atoms with Crippen molar-refractivity contribution in [3.63, 3.8) is 0 Å². The van der Waals surface area contributed by atoms with Gasteiger partial charge in [0.25, 0.3) is 5.56 Å². The van der Waals surface area contributed by atoms with E-state index in [-0.39, 0.29) is 17.1 Å². The van der Waals surface area contributed by atoms with Crippen LogP contribution < -0.4 is 17.0 Å². The second kappa shape index (κ2) is 10.2. The van der Waals surface area contributed by atoms with Gasteiger partial charge in [-0.05, 0) is 6.92 Å². The zero-order valence-corrected chi connectivity index (χ0v) is 21.0. The summed E-state index contributed by atoms with van der Waals surface area (Å²) in [5.74, 6) is 3.98. The summed E-state index contributed by atoms with van der Waals surface area (Å²) in [5.41, 5.74) is 8.46. The Morgan fingerprint density at radius 2 is 1.95 bits per heavy atom. The van der Waals surface area contributed by atoms with Gasteiger partial charge in [0.1, 0.15) is 18.9 Å². The van der Waals surface area contributed by atoms with E-state index in [2.05, 4.69) is 34.0 Å². The summed E-state index contributed by atoms with van der Waals surface area (Å²) >= 11 is 0. The fourth-order valence-electron chi connectivity index (χ4n) is 3.42. The van der Waals surface area contributed by atoms with Crippen LogP contribution in [0.2, 0.25) is 0 Å².